The van der Waals surface area contributed by atoms with Crippen LogP contribution in [0.2, 0.25) is 0 Å². The van der Waals surface area contributed by atoms with Gasteiger partial charge in [-0.1, -0.05) is 12.8 Å². The van der Waals surface area contributed by atoms with Gasteiger partial charge >= 0.3 is 5.97 Å². The molecule has 0 aromatic rings. The molecule has 0 aliphatic rings. The van der Waals surface area contributed by atoms with Crippen molar-refractivity contribution in [1.29, 1.82) is 0 Å². The molecule has 0 aliphatic carbocycles. The summed E-state index contributed by atoms with van der Waals surface area (Å²) in [5.41, 5.74) is 0. The maximum absolute atomic E-state index is 10.4. The Kier molecular flexibility index (Phi) is 7.33. The van der Waals surface area contributed by atoms with Gasteiger partial charge in [0.15, 0.2) is 0 Å². The van der Waals surface area contributed by atoms with Crippen LogP contribution in [-0.2, 0) is 17.2 Å². The summed E-state index contributed by atoms with van der Waals surface area (Å²) in [7, 11) is 0. The van der Waals surface area contributed by atoms with Crippen LogP contribution in [0, 0.1) is 0 Å². The van der Waals surface area contributed by atoms with Gasteiger partial charge in [-0.25, -0.2) is 4.36 Å². The Morgan fingerprint density at radius 1 is 1.67 bits per heavy atom. The normalized spacial score (nSPS) is 12.4. The van der Waals surface area contributed by atoms with Crippen LogP contribution in [0.15, 0.2) is 4.36 Å². The largest absolute Gasteiger partial charge is 0.480 e. The summed E-state index contributed by atoms with van der Waals surface area (Å²) in [4.78, 5) is 10.4. The second-order valence-electron chi connectivity index (χ2n) is 2.37. The van der Waals surface area contributed by atoms with Gasteiger partial charge in [-0.15, -0.1) is 0 Å². The highest BCUT2D eigenvalue weighted by Crippen LogP contribution is 2.02. The van der Waals surface area contributed by atoms with Gasteiger partial charge in [-0.2, -0.15) is 0 Å². The van der Waals surface area contributed by atoms with E-state index < -0.39 is 12.0 Å². The van der Waals surface area contributed by atoms with E-state index in [0.29, 0.717) is 13.0 Å². The number of nitrogens with zero attached hydrogens (tertiary/aromatic N) is 1. The molecule has 0 fully saturated rings. The molecular weight excluding hydrogens is 196 g/mol. The number of carboxylic acid groups (broad SMARTS) is 1. The summed E-state index contributed by atoms with van der Waals surface area (Å²) in [6.45, 7) is 0.619. The first-order chi connectivity index (χ1) is 5.72. The average molecular weight is 208 g/mol. The fraction of sp³-hybridized carbons (Fsp3) is 0.833. The molecular formula is C6H12N2O2S2. The van der Waals surface area contributed by atoms with Crippen molar-refractivity contribution in [2.24, 2.45) is 4.36 Å². The molecule has 0 aromatic heterocycles. The Hall–Kier alpha value is -0.200. The van der Waals surface area contributed by atoms with Crippen molar-refractivity contribution < 1.29 is 9.90 Å². The monoisotopic (exact) mass is 208 g/mol. The predicted octanol–water partition coefficient (Wildman–Crippen LogP) is 0.775. The lowest BCUT2D eigenvalue weighted by Crippen LogP contribution is -2.30. The Morgan fingerprint density at radius 2 is 2.33 bits per heavy atom. The number of aliphatic carboxylic acids is 1. The van der Waals surface area contributed by atoms with Gasteiger partial charge in [0.2, 0.25) is 0 Å². The highest BCUT2D eigenvalue weighted by atomic mass is 32.1. The number of thiol groups is 1. The molecule has 1 unspecified atom stereocenters. The highest BCUT2D eigenvalue weighted by molar-refractivity contribution is 7.78. The van der Waals surface area contributed by atoms with E-state index in [2.05, 4.69) is 34.3 Å². The Labute approximate surface area is 82.5 Å². The molecule has 2 N–H and O–H groups in total. The number of hydrogen-bond acceptors (Lipinski definition) is 5. The van der Waals surface area contributed by atoms with E-state index in [-0.39, 0.29) is 0 Å². The quantitative estimate of drug-likeness (QED) is 0.427. The van der Waals surface area contributed by atoms with E-state index in [0.717, 1.165) is 12.8 Å². The zero-order chi connectivity index (χ0) is 9.40. The lowest BCUT2D eigenvalue weighted by Gasteiger charge is -2.08. The average Bonchev–Trinajstić information content (AvgIpc) is 2.04. The molecule has 0 heterocycles. The van der Waals surface area contributed by atoms with Crippen molar-refractivity contribution >= 4 is 31.2 Å². The van der Waals surface area contributed by atoms with E-state index in [4.69, 9.17) is 5.11 Å². The van der Waals surface area contributed by atoms with E-state index in [9.17, 15) is 4.79 Å². The van der Waals surface area contributed by atoms with Crippen molar-refractivity contribution in [3.63, 3.8) is 0 Å². The first-order valence-electron chi connectivity index (χ1n) is 3.64. The van der Waals surface area contributed by atoms with Gasteiger partial charge in [-0.05, 0) is 19.3 Å². The minimum atomic E-state index is -0.875. The molecule has 0 aliphatic heterocycles. The van der Waals surface area contributed by atoms with Gasteiger partial charge < -0.3 is 5.11 Å². The summed E-state index contributed by atoms with van der Waals surface area (Å²) in [5, 5.41) is 8.57. The van der Waals surface area contributed by atoms with Crippen LogP contribution in [0.25, 0.3) is 0 Å². The predicted molar refractivity (Wildman–Crippen MR) is 52.1 cm³/mol. The molecule has 12 heavy (non-hydrogen) atoms. The van der Waals surface area contributed by atoms with E-state index in [1.165, 1.54) is 0 Å². The van der Waals surface area contributed by atoms with Crippen LogP contribution < -0.4 is 4.72 Å². The SMILES string of the molecule is O=C(O)C(CCCCN=S)NS. The first kappa shape index (κ1) is 11.8. The summed E-state index contributed by atoms with van der Waals surface area (Å²) >= 11 is 8.09. The second kappa shape index (κ2) is 7.45. The molecule has 0 bridgehead atoms. The number of rotatable bonds is 7. The van der Waals surface area contributed by atoms with Gasteiger partial charge in [0.05, 0.1) is 6.54 Å². The van der Waals surface area contributed by atoms with Crippen LogP contribution in [0.3, 0.4) is 0 Å². The zero-order valence-corrected chi connectivity index (χ0v) is 8.27. The van der Waals surface area contributed by atoms with Crippen molar-refractivity contribution in [3.05, 3.63) is 0 Å². The Morgan fingerprint density at radius 3 is 2.75 bits per heavy atom. The molecule has 6 heteroatoms. The third-order valence-electron chi connectivity index (χ3n) is 1.45. The smallest absolute Gasteiger partial charge is 0.321 e. The van der Waals surface area contributed by atoms with Gasteiger partial charge in [0.1, 0.15) is 6.04 Å². The van der Waals surface area contributed by atoms with Crippen molar-refractivity contribution in [3.8, 4) is 0 Å². The minimum absolute atomic E-state index is 0.559. The summed E-state index contributed by atoms with van der Waals surface area (Å²) in [5.74, 6) is -0.875. The van der Waals surface area contributed by atoms with Gasteiger partial charge in [-0.3, -0.25) is 9.52 Å². The van der Waals surface area contributed by atoms with Gasteiger partial charge in [0.25, 0.3) is 0 Å². The second-order valence-corrected chi connectivity index (χ2v) is 2.88. The topological polar surface area (TPSA) is 61.7 Å². The lowest BCUT2D eigenvalue weighted by molar-refractivity contribution is -0.139. The maximum Gasteiger partial charge on any atom is 0.321 e. The third kappa shape index (κ3) is 5.45. The van der Waals surface area contributed by atoms with Crippen molar-refractivity contribution in [2.45, 2.75) is 25.3 Å². The highest BCUT2D eigenvalue weighted by Gasteiger charge is 2.13. The fourth-order valence-electron chi connectivity index (χ4n) is 0.768. The van der Waals surface area contributed by atoms with Crippen LogP contribution in [-0.4, -0.2) is 23.7 Å². The Balaban J connectivity index is 3.44. The number of carbonyl (C=O) groups is 1. The number of nitrogens with one attached hydrogen (secondary N) is 1. The van der Waals surface area contributed by atoms with E-state index in [1.807, 2.05) is 0 Å². The van der Waals surface area contributed by atoms with Crippen molar-refractivity contribution in [2.75, 3.05) is 6.54 Å². The van der Waals surface area contributed by atoms with Crippen LogP contribution >= 0.6 is 12.8 Å². The first-order valence-corrected chi connectivity index (χ1v) is 4.45. The number of hydrogen-bond donors (Lipinski definition) is 3. The summed E-state index contributed by atoms with van der Waals surface area (Å²) in [6.07, 6.45) is 2.19. The standard InChI is InChI=1S/C6H12N2O2S2/c9-6(10)5(8-12)3-1-2-4-7-11/h5,8,12H,1-4H2,(H,9,10). The molecule has 0 radical (unpaired) electrons. The number of carboxylic acids is 1. The summed E-state index contributed by atoms with van der Waals surface area (Å²) in [6, 6.07) is -0.571. The molecule has 0 saturated carbocycles. The molecule has 0 saturated heterocycles. The molecule has 0 rings (SSSR count). The Bertz CT molecular complexity index is 154. The fourth-order valence-corrected chi connectivity index (χ4v) is 1.14. The molecule has 0 amide bonds. The lowest BCUT2D eigenvalue weighted by atomic mass is 10.1. The van der Waals surface area contributed by atoms with Crippen LogP contribution in [0.4, 0.5) is 0 Å². The maximum atomic E-state index is 10.4. The molecule has 0 aromatic carbocycles. The van der Waals surface area contributed by atoms with Crippen LogP contribution in [0.1, 0.15) is 19.3 Å². The molecule has 1 atom stereocenters. The number of unbranched alkanes of at least 4 members (excludes halogenated alkanes) is 1. The molecule has 4 nitrogen and oxygen atoms in total. The molecule has 0 spiro atoms. The van der Waals surface area contributed by atoms with Crippen molar-refractivity contribution in [1.82, 2.24) is 4.72 Å². The van der Waals surface area contributed by atoms with Crippen LogP contribution in [0.5, 0.6) is 0 Å². The minimum Gasteiger partial charge on any atom is -0.480 e. The van der Waals surface area contributed by atoms with E-state index in [1.54, 1.807) is 0 Å². The third-order valence-corrected chi connectivity index (χ3v) is 1.94. The molecule has 70 valence electrons. The summed E-state index contributed by atoms with van der Waals surface area (Å²) < 4.78 is 5.92. The van der Waals surface area contributed by atoms with E-state index >= 15 is 0 Å². The zero-order valence-electron chi connectivity index (χ0n) is 6.56. The van der Waals surface area contributed by atoms with Gasteiger partial charge in [0, 0.05) is 12.4 Å².